The molecule has 4 aliphatic rings. The molecular formula is C23H31N7O14P2. The number of nitrogens with two attached hydrogens (primary N) is 2. The Morgan fingerprint density at radius 2 is 1.54 bits per heavy atom. The second-order valence-electron chi connectivity index (χ2n) is 11.1. The summed E-state index contributed by atoms with van der Waals surface area (Å²) in [4.78, 5) is 45.3. The molecule has 1 amide bonds. The maximum absolute atomic E-state index is 12.5. The van der Waals surface area contributed by atoms with E-state index in [1.54, 1.807) is 12.3 Å². The van der Waals surface area contributed by atoms with Gasteiger partial charge >= 0.3 is 15.6 Å². The summed E-state index contributed by atoms with van der Waals surface area (Å²) < 4.78 is 51.2. The van der Waals surface area contributed by atoms with E-state index < -0.39 is 89.3 Å². The fraction of sp³-hybridized carbons (Fsp3) is 0.565. The van der Waals surface area contributed by atoms with Crippen molar-refractivity contribution < 1.29 is 67.0 Å². The molecule has 2 aromatic rings. The summed E-state index contributed by atoms with van der Waals surface area (Å²) in [6, 6.07) is 0. The summed E-state index contributed by atoms with van der Waals surface area (Å²) in [6.45, 7) is -1.78. The van der Waals surface area contributed by atoms with Crippen molar-refractivity contribution in [3.05, 3.63) is 36.7 Å². The molecule has 0 radical (unpaired) electrons. The third-order valence-corrected chi connectivity index (χ3v) is 10.7. The van der Waals surface area contributed by atoms with Gasteiger partial charge in [0.15, 0.2) is 23.9 Å². The third kappa shape index (κ3) is 6.22. The maximum atomic E-state index is 12.5. The summed E-state index contributed by atoms with van der Waals surface area (Å²) >= 11 is 0. The third-order valence-electron chi connectivity index (χ3n) is 8.07. The first-order chi connectivity index (χ1) is 21.6. The number of carbonyl (C=O) groups is 1. The Bertz CT molecular complexity index is 1670. The highest BCUT2D eigenvalue weighted by Gasteiger charge is 2.51. The number of rotatable bonds is 11. The molecular weight excluding hydrogens is 660 g/mol. The number of aliphatic hydroxyl groups excluding tert-OH is 4. The highest BCUT2D eigenvalue weighted by molar-refractivity contribution is 7.61. The molecule has 5 heterocycles. The summed E-state index contributed by atoms with van der Waals surface area (Å²) in [5, 5.41) is 42.0. The van der Waals surface area contributed by atoms with Crippen molar-refractivity contribution in [2.75, 3.05) is 18.9 Å². The fourth-order valence-corrected chi connectivity index (χ4v) is 7.55. The number of nitrogens with zero attached hydrogens (tertiary/aromatic N) is 5. The van der Waals surface area contributed by atoms with Crippen LogP contribution in [0.4, 0.5) is 5.82 Å². The number of phosphoric ester groups is 2. The number of primary amides is 1. The number of amides is 1. The van der Waals surface area contributed by atoms with Gasteiger partial charge in [-0.05, 0) is 12.8 Å². The van der Waals surface area contributed by atoms with E-state index >= 15 is 0 Å². The topological polar surface area (TPSA) is 318 Å². The van der Waals surface area contributed by atoms with Gasteiger partial charge in [0.1, 0.15) is 48.5 Å². The number of nitrogen functional groups attached to an aromatic ring is 1. The smallest absolute Gasteiger partial charge is 0.387 e. The molecule has 252 valence electrons. The Kier molecular flexibility index (Phi) is 8.60. The van der Waals surface area contributed by atoms with Gasteiger partial charge in [0.05, 0.1) is 19.5 Å². The molecule has 3 aliphatic heterocycles. The number of phosphoric acid groups is 2. The van der Waals surface area contributed by atoms with Crippen molar-refractivity contribution in [3.63, 3.8) is 0 Å². The van der Waals surface area contributed by atoms with Crippen LogP contribution in [0.1, 0.15) is 19.1 Å². The Balaban J connectivity index is 1.02. The van der Waals surface area contributed by atoms with Gasteiger partial charge in [-0.1, -0.05) is 6.08 Å². The zero-order chi connectivity index (χ0) is 33.2. The van der Waals surface area contributed by atoms with E-state index in [-0.39, 0.29) is 17.0 Å². The normalized spacial score (nSPS) is 34.5. The second kappa shape index (κ2) is 12.0. The van der Waals surface area contributed by atoms with Crippen molar-refractivity contribution in [2.24, 2.45) is 11.1 Å². The van der Waals surface area contributed by atoms with Crippen molar-refractivity contribution in [1.82, 2.24) is 24.4 Å². The van der Waals surface area contributed by atoms with Crippen molar-refractivity contribution in [2.45, 2.75) is 61.9 Å². The molecule has 10 atom stereocenters. The molecule has 1 saturated carbocycles. The van der Waals surface area contributed by atoms with Crippen LogP contribution in [-0.4, -0.2) is 117 Å². The molecule has 1 spiro atoms. The average Bonchev–Trinajstić information content (AvgIpc) is 3.38. The minimum Gasteiger partial charge on any atom is -0.387 e. The molecule has 2 saturated heterocycles. The van der Waals surface area contributed by atoms with Gasteiger partial charge in [-0.2, -0.15) is 4.31 Å². The zero-order valence-electron chi connectivity index (χ0n) is 23.6. The van der Waals surface area contributed by atoms with E-state index in [0.29, 0.717) is 5.57 Å². The predicted octanol–water partition coefficient (Wildman–Crippen LogP) is -2.30. The summed E-state index contributed by atoms with van der Waals surface area (Å²) in [6.07, 6.45) is -3.32. The van der Waals surface area contributed by atoms with E-state index in [1.807, 2.05) is 0 Å². The van der Waals surface area contributed by atoms with Crippen molar-refractivity contribution in [3.8, 4) is 0 Å². The second-order valence-corrected chi connectivity index (χ2v) is 14.2. The lowest BCUT2D eigenvalue weighted by molar-refractivity contribution is -0.115. The van der Waals surface area contributed by atoms with Gasteiger partial charge in [-0.3, -0.25) is 18.4 Å². The molecule has 3 fully saturated rings. The highest BCUT2D eigenvalue weighted by Crippen LogP contribution is 2.61. The van der Waals surface area contributed by atoms with Gasteiger partial charge in [-0.15, -0.1) is 0 Å². The van der Waals surface area contributed by atoms with Crippen LogP contribution in [0.15, 0.2) is 36.7 Å². The van der Waals surface area contributed by atoms with Crippen LogP contribution in [0.2, 0.25) is 0 Å². The Morgan fingerprint density at radius 3 is 2.13 bits per heavy atom. The van der Waals surface area contributed by atoms with Crippen LogP contribution in [0.25, 0.3) is 11.2 Å². The number of aliphatic hydroxyl groups is 4. The first kappa shape index (κ1) is 33.0. The van der Waals surface area contributed by atoms with E-state index in [0.717, 1.165) is 19.2 Å². The molecule has 0 aromatic carbocycles. The average molecular weight is 691 g/mol. The lowest BCUT2D eigenvalue weighted by atomic mass is 9.93. The van der Waals surface area contributed by atoms with E-state index in [4.69, 9.17) is 30.0 Å². The van der Waals surface area contributed by atoms with Crippen LogP contribution < -0.4 is 11.5 Å². The molecule has 2 aromatic heterocycles. The zero-order valence-corrected chi connectivity index (χ0v) is 25.4. The maximum Gasteiger partial charge on any atom is 0.481 e. The van der Waals surface area contributed by atoms with E-state index in [1.165, 1.54) is 22.0 Å². The van der Waals surface area contributed by atoms with Crippen LogP contribution in [-0.2, 0) is 36.8 Å². The minimum atomic E-state index is -5.37. The van der Waals surface area contributed by atoms with Gasteiger partial charge in [0.25, 0.3) is 0 Å². The lowest BCUT2D eigenvalue weighted by Gasteiger charge is -2.31. The number of hydrogen-bond donors (Lipinski definition) is 8. The van der Waals surface area contributed by atoms with Crippen LogP contribution >= 0.6 is 15.6 Å². The monoisotopic (exact) mass is 691 g/mol. The Labute approximate surface area is 258 Å². The first-order valence-corrected chi connectivity index (χ1v) is 16.7. The number of aromatic nitrogens is 4. The largest absolute Gasteiger partial charge is 0.481 e. The van der Waals surface area contributed by atoms with Crippen LogP contribution in [0.5, 0.6) is 0 Å². The van der Waals surface area contributed by atoms with Crippen molar-refractivity contribution in [1.29, 1.82) is 0 Å². The summed E-state index contributed by atoms with van der Waals surface area (Å²) in [5.41, 5.74) is 11.4. The predicted molar refractivity (Wildman–Crippen MR) is 149 cm³/mol. The van der Waals surface area contributed by atoms with E-state index in [2.05, 4.69) is 19.3 Å². The number of carbonyl (C=O) groups excluding carboxylic acids is 1. The molecule has 1 aliphatic carbocycles. The SMILES string of the molecule is NC(=O)C1=CN(C2OC(COP(=O)(O)OP(=O)(O)OCC3OC(n4cnc5c(N)ncnc54)C(O)C3O)C(O)C2O)C=CC12CC2. The molecule has 21 nitrogen and oxygen atoms in total. The van der Waals surface area contributed by atoms with Crippen LogP contribution in [0.3, 0.4) is 0 Å². The molecule has 10 N–H and O–H groups in total. The number of allylic oxidation sites excluding steroid dienone is 1. The van der Waals surface area contributed by atoms with Gasteiger partial charge in [0, 0.05) is 23.4 Å². The molecule has 10 unspecified atom stereocenters. The summed E-state index contributed by atoms with van der Waals surface area (Å²) in [7, 11) is -10.7. The molecule has 23 heteroatoms. The first-order valence-electron chi connectivity index (χ1n) is 13.7. The number of ether oxygens (including phenoxy) is 2. The summed E-state index contributed by atoms with van der Waals surface area (Å²) in [5.74, 6) is -0.608. The quantitative estimate of drug-likeness (QED) is 0.115. The molecule has 0 bridgehead atoms. The Hall–Kier alpha value is -2.88. The lowest BCUT2D eigenvalue weighted by Crippen LogP contribution is -2.41. The Morgan fingerprint density at radius 1 is 0.957 bits per heavy atom. The molecule has 6 rings (SSSR count). The van der Waals surface area contributed by atoms with Gasteiger partial charge < -0.3 is 56.1 Å². The van der Waals surface area contributed by atoms with Crippen LogP contribution in [0, 0.1) is 5.41 Å². The highest BCUT2D eigenvalue weighted by atomic mass is 31.3. The van der Waals surface area contributed by atoms with Gasteiger partial charge in [-0.25, -0.2) is 24.1 Å². The number of imidazole rings is 1. The van der Waals surface area contributed by atoms with Gasteiger partial charge in [0.2, 0.25) is 5.91 Å². The number of fused-ring (bicyclic) bond motifs is 1. The minimum absolute atomic E-state index is 0.0529. The fourth-order valence-electron chi connectivity index (χ4n) is 5.46. The standard InChI is InChI=1S/C23H31N7O14P2/c24-18-13-20(27-8-26-18)30(9-28-13)22-17(34)15(32)12(43-22)7-41-46(38,39)44-45(36,37)40-6-11-14(31)16(33)21(42-11)29-4-3-23(1-2-23)10(5-29)19(25)35/h3-5,8-9,11-12,14-17,21-22,31-34H,1-2,6-7H2,(H2,25,35)(H,36,37)(H,38,39)(H2,24,26,27). The number of anilines is 1. The van der Waals surface area contributed by atoms with E-state index in [9.17, 15) is 44.1 Å². The number of hydrogen-bond acceptors (Lipinski definition) is 17. The van der Waals surface area contributed by atoms with Crippen molar-refractivity contribution >= 4 is 38.5 Å². The molecule has 46 heavy (non-hydrogen) atoms.